The average Bonchev–Trinajstić information content (AvgIpc) is 2.55. The lowest BCUT2D eigenvalue weighted by molar-refractivity contribution is 0.455. The highest BCUT2D eigenvalue weighted by Crippen LogP contribution is 2.10. The van der Waals surface area contributed by atoms with Gasteiger partial charge in [0.2, 0.25) is 0 Å². The van der Waals surface area contributed by atoms with Gasteiger partial charge in [-0.2, -0.15) is 4.39 Å². The minimum Gasteiger partial charge on any atom is -0.325 e. The van der Waals surface area contributed by atoms with Gasteiger partial charge in [-0.05, 0) is 12.8 Å². The van der Waals surface area contributed by atoms with Crippen molar-refractivity contribution in [2.45, 2.75) is 33.4 Å². The second kappa shape index (κ2) is 5.09. The molecule has 1 atom stereocenters. The lowest BCUT2D eigenvalue weighted by atomic mass is 10.1. The quantitative estimate of drug-likeness (QED) is 0.552. The number of hydrogen-bond donors (Lipinski definition) is 4. The van der Waals surface area contributed by atoms with Crippen LogP contribution >= 0.6 is 0 Å². The summed E-state index contributed by atoms with van der Waals surface area (Å²) in [5.74, 6) is 0.967. The predicted octanol–water partition coefficient (Wildman–Crippen LogP) is 0.968. The molecule has 1 rings (SSSR count). The molecule has 5 nitrogen and oxygen atoms in total. The molecular formula is C9H18FN5. The summed E-state index contributed by atoms with van der Waals surface area (Å²) in [6, 6.07) is 0.266. The van der Waals surface area contributed by atoms with Crippen LogP contribution in [0.4, 0.5) is 10.2 Å². The standard InChI is InChI=1S/C9H18FN5/c1-5(2)6(3)14-15-8-7(4-11)12-9(10)13-8/h5-6,14-15H,4,11H2,1-3H3,(H,12,13). The number of hydrazine groups is 1. The molecule has 0 radical (unpaired) electrons. The molecule has 0 aliphatic carbocycles. The number of aromatic amines is 1. The Bertz CT molecular complexity index is 309. The first-order valence-corrected chi connectivity index (χ1v) is 5.00. The van der Waals surface area contributed by atoms with Crippen LogP contribution in [0.2, 0.25) is 0 Å². The zero-order valence-electron chi connectivity index (χ0n) is 9.26. The number of anilines is 1. The molecule has 86 valence electrons. The minimum absolute atomic E-state index is 0.195. The van der Waals surface area contributed by atoms with Gasteiger partial charge in [0.1, 0.15) is 11.5 Å². The van der Waals surface area contributed by atoms with Crippen LogP contribution in [0.15, 0.2) is 0 Å². The summed E-state index contributed by atoms with van der Waals surface area (Å²) < 4.78 is 12.8. The molecule has 1 heterocycles. The zero-order valence-corrected chi connectivity index (χ0v) is 9.26. The molecule has 0 saturated heterocycles. The Morgan fingerprint density at radius 1 is 1.47 bits per heavy atom. The van der Waals surface area contributed by atoms with E-state index in [1.165, 1.54) is 0 Å². The van der Waals surface area contributed by atoms with Crippen LogP contribution in [0, 0.1) is 12.0 Å². The van der Waals surface area contributed by atoms with E-state index < -0.39 is 6.08 Å². The number of hydrogen-bond acceptors (Lipinski definition) is 4. The molecule has 1 aromatic rings. The van der Waals surface area contributed by atoms with Gasteiger partial charge in [-0.1, -0.05) is 13.8 Å². The Kier molecular flexibility index (Phi) is 4.05. The third kappa shape index (κ3) is 3.17. The smallest absolute Gasteiger partial charge is 0.288 e. The number of nitrogens with zero attached hydrogens (tertiary/aromatic N) is 1. The summed E-state index contributed by atoms with van der Waals surface area (Å²) in [7, 11) is 0. The summed E-state index contributed by atoms with van der Waals surface area (Å²) in [6.45, 7) is 6.42. The Hall–Kier alpha value is -1.14. The number of aromatic nitrogens is 2. The average molecular weight is 215 g/mol. The van der Waals surface area contributed by atoms with Crippen LogP contribution in [0.5, 0.6) is 0 Å². The van der Waals surface area contributed by atoms with Gasteiger partial charge in [0.15, 0.2) is 0 Å². The summed E-state index contributed by atoms with van der Waals surface area (Å²) >= 11 is 0. The summed E-state index contributed by atoms with van der Waals surface area (Å²) in [5, 5.41) is 0. The lowest BCUT2D eigenvalue weighted by Crippen LogP contribution is -2.35. The number of nitrogens with two attached hydrogens (primary N) is 1. The SMILES string of the molecule is CC(C)C(C)NNc1[nH]c(F)nc1CN. The molecule has 1 aromatic heterocycles. The zero-order chi connectivity index (χ0) is 11.4. The molecule has 0 spiro atoms. The van der Waals surface area contributed by atoms with E-state index in [-0.39, 0.29) is 12.6 Å². The van der Waals surface area contributed by atoms with Crippen LogP contribution in [0.3, 0.4) is 0 Å². The number of rotatable bonds is 5. The van der Waals surface area contributed by atoms with Crippen LogP contribution in [0.25, 0.3) is 0 Å². The fraction of sp³-hybridized carbons (Fsp3) is 0.667. The first-order chi connectivity index (χ1) is 7.04. The second-order valence-electron chi connectivity index (χ2n) is 3.86. The topological polar surface area (TPSA) is 78.8 Å². The van der Waals surface area contributed by atoms with Gasteiger partial charge < -0.3 is 11.2 Å². The van der Waals surface area contributed by atoms with Gasteiger partial charge in [-0.25, -0.2) is 10.4 Å². The minimum atomic E-state index is -0.628. The van der Waals surface area contributed by atoms with E-state index in [1.54, 1.807) is 0 Å². The van der Waals surface area contributed by atoms with Crippen molar-refractivity contribution in [1.82, 2.24) is 15.4 Å². The number of halogens is 1. The van der Waals surface area contributed by atoms with E-state index in [2.05, 4.69) is 34.7 Å². The second-order valence-corrected chi connectivity index (χ2v) is 3.86. The summed E-state index contributed by atoms with van der Waals surface area (Å²) in [6.07, 6.45) is -0.628. The Morgan fingerprint density at radius 2 is 2.13 bits per heavy atom. The van der Waals surface area contributed by atoms with Crippen LogP contribution in [0.1, 0.15) is 26.5 Å². The maximum Gasteiger partial charge on any atom is 0.288 e. The van der Waals surface area contributed by atoms with E-state index in [0.29, 0.717) is 17.4 Å². The van der Waals surface area contributed by atoms with Gasteiger partial charge >= 0.3 is 0 Å². The van der Waals surface area contributed by atoms with E-state index in [0.717, 1.165) is 0 Å². The van der Waals surface area contributed by atoms with Crippen molar-refractivity contribution in [3.05, 3.63) is 11.8 Å². The highest BCUT2D eigenvalue weighted by molar-refractivity contribution is 5.38. The molecular weight excluding hydrogens is 197 g/mol. The molecule has 1 unspecified atom stereocenters. The van der Waals surface area contributed by atoms with Crippen LogP contribution < -0.4 is 16.6 Å². The molecule has 0 aromatic carbocycles. The van der Waals surface area contributed by atoms with Crippen LogP contribution in [-0.4, -0.2) is 16.0 Å². The van der Waals surface area contributed by atoms with Crippen molar-refractivity contribution in [3.8, 4) is 0 Å². The Morgan fingerprint density at radius 3 is 2.67 bits per heavy atom. The highest BCUT2D eigenvalue weighted by Gasteiger charge is 2.10. The molecule has 0 amide bonds. The Labute approximate surface area is 88.6 Å². The molecule has 5 N–H and O–H groups in total. The Balaban J connectivity index is 2.56. The maximum atomic E-state index is 12.8. The van der Waals surface area contributed by atoms with Crippen molar-refractivity contribution < 1.29 is 4.39 Å². The first-order valence-electron chi connectivity index (χ1n) is 5.00. The fourth-order valence-corrected chi connectivity index (χ4v) is 0.981. The van der Waals surface area contributed by atoms with Gasteiger partial charge in [0, 0.05) is 12.6 Å². The summed E-state index contributed by atoms with van der Waals surface area (Å²) in [4.78, 5) is 6.06. The maximum absolute atomic E-state index is 12.8. The molecule has 0 saturated carbocycles. The fourth-order valence-electron chi connectivity index (χ4n) is 0.981. The van der Waals surface area contributed by atoms with Crippen molar-refractivity contribution in [2.24, 2.45) is 11.7 Å². The van der Waals surface area contributed by atoms with Crippen molar-refractivity contribution in [3.63, 3.8) is 0 Å². The van der Waals surface area contributed by atoms with E-state index >= 15 is 0 Å². The molecule has 6 heteroatoms. The van der Waals surface area contributed by atoms with Crippen molar-refractivity contribution in [2.75, 3.05) is 5.43 Å². The third-order valence-electron chi connectivity index (χ3n) is 2.37. The number of nitrogens with one attached hydrogen (secondary N) is 3. The van der Waals surface area contributed by atoms with Gasteiger partial charge in [-0.3, -0.25) is 4.98 Å². The summed E-state index contributed by atoms with van der Waals surface area (Å²) in [5.41, 5.74) is 11.8. The van der Waals surface area contributed by atoms with E-state index in [4.69, 9.17) is 5.73 Å². The molecule has 0 fully saturated rings. The first kappa shape index (κ1) is 11.9. The van der Waals surface area contributed by atoms with E-state index in [1.807, 2.05) is 6.92 Å². The van der Waals surface area contributed by atoms with E-state index in [9.17, 15) is 4.39 Å². The predicted molar refractivity (Wildman–Crippen MR) is 57.5 cm³/mol. The highest BCUT2D eigenvalue weighted by atomic mass is 19.1. The molecule has 0 bridgehead atoms. The normalized spacial score (nSPS) is 13.2. The third-order valence-corrected chi connectivity index (χ3v) is 2.37. The van der Waals surface area contributed by atoms with Gasteiger partial charge in [-0.15, -0.1) is 0 Å². The molecule has 0 aliphatic heterocycles. The van der Waals surface area contributed by atoms with Crippen LogP contribution in [-0.2, 0) is 6.54 Å². The number of imidazole rings is 1. The van der Waals surface area contributed by atoms with Gasteiger partial charge in [0.05, 0.1) is 0 Å². The van der Waals surface area contributed by atoms with Gasteiger partial charge in [0.25, 0.3) is 6.08 Å². The van der Waals surface area contributed by atoms with Crippen molar-refractivity contribution in [1.29, 1.82) is 0 Å². The monoisotopic (exact) mass is 215 g/mol. The lowest BCUT2D eigenvalue weighted by Gasteiger charge is -2.18. The molecule has 0 aliphatic rings. The number of H-pyrrole nitrogens is 1. The molecule has 15 heavy (non-hydrogen) atoms. The van der Waals surface area contributed by atoms with Crippen molar-refractivity contribution >= 4 is 5.82 Å². The largest absolute Gasteiger partial charge is 0.325 e.